The molecule has 3 rings (SSSR count). The van der Waals surface area contributed by atoms with E-state index in [9.17, 15) is 27.1 Å². The van der Waals surface area contributed by atoms with E-state index in [1.165, 1.54) is 48.5 Å². The van der Waals surface area contributed by atoms with Gasteiger partial charge in [0.05, 0.1) is 18.6 Å². The fraction of sp³-hybridized carbons (Fsp3) is 0.455. The number of alkyl halides is 3. The topological polar surface area (TPSA) is 32.7 Å². The first-order chi connectivity index (χ1) is 14.2. The van der Waals surface area contributed by atoms with Gasteiger partial charge in [-0.15, -0.1) is 0 Å². The van der Waals surface area contributed by atoms with Crippen molar-refractivity contribution < 1.29 is 31.8 Å². The molecule has 3 nitrogen and oxygen atoms in total. The molecule has 1 fully saturated rings. The third-order valence-electron chi connectivity index (χ3n) is 5.24. The van der Waals surface area contributed by atoms with Crippen molar-refractivity contribution in [3.8, 4) is 0 Å². The van der Waals surface area contributed by atoms with Crippen LogP contribution in [0.5, 0.6) is 0 Å². The summed E-state index contributed by atoms with van der Waals surface area (Å²) in [5.41, 5.74) is 1.23. The molecule has 1 N–H and O–H groups in total. The molecule has 0 radical (unpaired) electrons. The highest BCUT2D eigenvalue weighted by Crippen LogP contribution is 2.33. The lowest BCUT2D eigenvalue weighted by molar-refractivity contribution is -0.188. The quantitative estimate of drug-likeness (QED) is 0.648. The van der Waals surface area contributed by atoms with Crippen LogP contribution >= 0.6 is 0 Å². The summed E-state index contributed by atoms with van der Waals surface area (Å²) in [6.07, 6.45) is -5.39. The van der Waals surface area contributed by atoms with Crippen LogP contribution in [0.3, 0.4) is 0 Å². The van der Waals surface area contributed by atoms with Gasteiger partial charge in [0.15, 0.2) is 0 Å². The van der Waals surface area contributed by atoms with Crippen molar-refractivity contribution in [1.29, 1.82) is 0 Å². The highest BCUT2D eigenvalue weighted by atomic mass is 19.4. The van der Waals surface area contributed by atoms with Crippen molar-refractivity contribution in [3.63, 3.8) is 0 Å². The van der Waals surface area contributed by atoms with Gasteiger partial charge >= 0.3 is 6.18 Å². The molecule has 1 aliphatic rings. The molecule has 0 aliphatic carbocycles. The highest BCUT2D eigenvalue weighted by Gasteiger charge is 2.41. The molecule has 0 saturated carbocycles. The van der Waals surface area contributed by atoms with Crippen molar-refractivity contribution in [2.75, 3.05) is 26.2 Å². The molecular formula is C22H24F5NO2. The van der Waals surface area contributed by atoms with Crippen LogP contribution in [0.25, 0.3) is 0 Å². The van der Waals surface area contributed by atoms with Crippen LogP contribution in [0.4, 0.5) is 22.0 Å². The molecule has 30 heavy (non-hydrogen) atoms. The Morgan fingerprint density at radius 2 is 1.50 bits per heavy atom. The molecule has 164 valence electrons. The van der Waals surface area contributed by atoms with Crippen LogP contribution in [0.2, 0.25) is 0 Å². The van der Waals surface area contributed by atoms with E-state index in [-0.39, 0.29) is 26.1 Å². The highest BCUT2D eigenvalue weighted by molar-refractivity contribution is 5.30. The largest absolute Gasteiger partial charge is 0.393 e. The normalized spacial score (nSPS) is 19.2. The van der Waals surface area contributed by atoms with E-state index in [1.54, 1.807) is 4.90 Å². The van der Waals surface area contributed by atoms with Gasteiger partial charge < -0.3 is 14.7 Å². The summed E-state index contributed by atoms with van der Waals surface area (Å²) in [7, 11) is 0. The molecule has 0 bridgehead atoms. The Labute approximate surface area is 172 Å². The second-order valence-corrected chi connectivity index (χ2v) is 7.61. The Morgan fingerprint density at radius 1 is 0.967 bits per heavy atom. The van der Waals surface area contributed by atoms with Crippen LogP contribution in [-0.2, 0) is 4.74 Å². The number of β-amino-alcohol motifs (C(OH)–C–C–N with tert-alkyl or cyclic N) is 1. The van der Waals surface area contributed by atoms with E-state index in [0.717, 1.165) is 0 Å². The molecule has 2 aromatic carbocycles. The van der Waals surface area contributed by atoms with Crippen molar-refractivity contribution in [1.82, 2.24) is 4.90 Å². The first-order valence-corrected chi connectivity index (χ1v) is 9.82. The minimum Gasteiger partial charge on any atom is -0.389 e. The van der Waals surface area contributed by atoms with Gasteiger partial charge in [-0.2, -0.15) is 13.2 Å². The zero-order valence-electron chi connectivity index (χ0n) is 16.3. The number of rotatable bonds is 7. The van der Waals surface area contributed by atoms with Crippen molar-refractivity contribution in [3.05, 3.63) is 71.3 Å². The number of hydrogen-bond donors (Lipinski definition) is 1. The molecule has 1 saturated heterocycles. The van der Waals surface area contributed by atoms with Crippen molar-refractivity contribution in [2.24, 2.45) is 5.92 Å². The van der Waals surface area contributed by atoms with E-state index < -0.39 is 35.9 Å². The Bertz CT molecular complexity index is 749. The summed E-state index contributed by atoms with van der Waals surface area (Å²) in [5.74, 6) is -2.22. The van der Waals surface area contributed by atoms with E-state index in [1.807, 2.05) is 0 Å². The molecule has 0 spiro atoms. The van der Waals surface area contributed by atoms with E-state index in [0.29, 0.717) is 24.1 Å². The smallest absolute Gasteiger partial charge is 0.389 e. The Morgan fingerprint density at radius 3 is 2.00 bits per heavy atom. The third kappa shape index (κ3) is 6.23. The summed E-state index contributed by atoms with van der Waals surface area (Å²) >= 11 is 0. The Kier molecular flexibility index (Phi) is 7.44. The minimum atomic E-state index is -4.24. The number of nitrogens with zero attached hydrogens (tertiary/aromatic N) is 1. The van der Waals surface area contributed by atoms with Gasteiger partial charge in [0, 0.05) is 13.1 Å². The number of benzene rings is 2. The van der Waals surface area contributed by atoms with Gasteiger partial charge in [-0.25, -0.2) is 8.78 Å². The summed E-state index contributed by atoms with van der Waals surface area (Å²) in [4.78, 5) is 1.60. The fourth-order valence-corrected chi connectivity index (χ4v) is 3.71. The summed E-state index contributed by atoms with van der Waals surface area (Å²) < 4.78 is 71.3. The van der Waals surface area contributed by atoms with Gasteiger partial charge in [-0.3, -0.25) is 0 Å². The lowest BCUT2D eigenvalue weighted by Crippen LogP contribution is -2.45. The van der Waals surface area contributed by atoms with Crippen LogP contribution in [0, 0.1) is 17.6 Å². The maximum atomic E-state index is 13.3. The molecule has 1 aliphatic heterocycles. The number of halogens is 5. The fourth-order valence-electron chi connectivity index (χ4n) is 3.71. The lowest BCUT2D eigenvalue weighted by atomic mass is 9.97. The maximum Gasteiger partial charge on any atom is 0.393 e. The van der Waals surface area contributed by atoms with Crippen molar-refractivity contribution in [2.45, 2.75) is 31.2 Å². The first kappa shape index (κ1) is 22.7. The average molecular weight is 429 g/mol. The van der Waals surface area contributed by atoms with Crippen molar-refractivity contribution >= 4 is 0 Å². The maximum absolute atomic E-state index is 13.3. The second kappa shape index (κ2) is 9.85. The van der Waals surface area contributed by atoms with Gasteiger partial charge in [0.2, 0.25) is 0 Å². The predicted molar refractivity (Wildman–Crippen MR) is 102 cm³/mol. The molecule has 8 heteroatoms. The molecule has 2 atom stereocenters. The molecular weight excluding hydrogens is 405 g/mol. The van der Waals surface area contributed by atoms with Gasteiger partial charge in [-0.05, 0) is 54.8 Å². The number of hydrogen-bond acceptors (Lipinski definition) is 3. The summed E-state index contributed by atoms with van der Waals surface area (Å²) in [6, 6.07) is 11.2. The summed E-state index contributed by atoms with van der Waals surface area (Å²) in [5, 5.41) is 10.4. The number of piperidine rings is 1. The Balaban J connectivity index is 1.63. The Hall–Kier alpha value is -2.03. The molecule has 0 aromatic heterocycles. The third-order valence-corrected chi connectivity index (χ3v) is 5.24. The summed E-state index contributed by atoms with van der Waals surface area (Å²) in [6.45, 7) is 0.279. The second-order valence-electron chi connectivity index (χ2n) is 7.61. The minimum absolute atomic E-state index is 0.0616. The lowest BCUT2D eigenvalue weighted by Gasteiger charge is -2.34. The van der Waals surface area contributed by atoms with Crippen LogP contribution in [0.1, 0.15) is 30.1 Å². The molecule has 2 aromatic rings. The first-order valence-electron chi connectivity index (χ1n) is 9.82. The number of likely N-dealkylation sites (tertiary alicyclic amines) is 1. The SMILES string of the molecule is O[C@@H](COC(c1ccc(F)cc1)c1ccc(F)cc1)CN1CCC[C@H](C(F)(F)F)C1. The molecule has 0 unspecified atom stereocenters. The molecule has 1 heterocycles. The number of aliphatic hydroxyl groups is 1. The van der Waals surface area contributed by atoms with Crippen LogP contribution in [-0.4, -0.2) is 48.5 Å². The van der Waals surface area contributed by atoms with Crippen LogP contribution < -0.4 is 0 Å². The molecule has 0 amide bonds. The monoisotopic (exact) mass is 429 g/mol. The average Bonchev–Trinajstić information content (AvgIpc) is 2.70. The number of aliphatic hydroxyl groups excluding tert-OH is 1. The zero-order chi connectivity index (χ0) is 21.7. The predicted octanol–water partition coefficient (Wildman–Crippen LogP) is 4.71. The number of ether oxygens (including phenoxy) is 1. The van der Waals surface area contributed by atoms with Gasteiger partial charge in [0.1, 0.15) is 17.7 Å². The van der Waals surface area contributed by atoms with E-state index in [2.05, 4.69) is 0 Å². The van der Waals surface area contributed by atoms with E-state index in [4.69, 9.17) is 4.74 Å². The van der Waals surface area contributed by atoms with E-state index >= 15 is 0 Å². The zero-order valence-corrected chi connectivity index (χ0v) is 16.3. The standard InChI is InChI=1S/C22H24F5NO2/c23-18-7-3-15(4-8-18)21(16-5-9-19(24)10-6-16)30-14-20(29)13-28-11-1-2-17(12-28)22(25,26)27/h3-10,17,20-21,29H,1-2,11-14H2/t17-,20+/m0/s1. The van der Waals surface area contributed by atoms with Gasteiger partial charge in [0.25, 0.3) is 0 Å². The van der Waals surface area contributed by atoms with Crippen LogP contribution in [0.15, 0.2) is 48.5 Å². The van der Waals surface area contributed by atoms with Gasteiger partial charge in [-0.1, -0.05) is 24.3 Å².